The van der Waals surface area contributed by atoms with Crippen molar-refractivity contribution in [2.75, 3.05) is 13.2 Å². The molecule has 0 saturated carbocycles. The molecule has 1 atom stereocenters. The van der Waals surface area contributed by atoms with Gasteiger partial charge in [0, 0.05) is 6.61 Å². The molecule has 0 saturated heterocycles. The SMILES string of the molecule is CCOCC(NC(=O)OC(C)C)C(C)C. The van der Waals surface area contributed by atoms with Crippen LogP contribution in [0.4, 0.5) is 4.79 Å². The third-order valence-corrected chi connectivity index (χ3v) is 1.95. The van der Waals surface area contributed by atoms with E-state index in [1.165, 1.54) is 0 Å². The molecule has 0 aliphatic rings. The van der Waals surface area contributed by atoms with E-state index in [0.717, 1.165) is 0 Å². The summed E-state index contributed by atoms with van der Waals surface area (Å²) in [7, 11) is 0. The molecule has 0 heterocycles. The predicted octanol–water partition coefficient (Wildman–Crippen LogP) is 2.18. The van der Waals surface area contributed by atoms with Crippen molar-refractivity contribution < 1.29 is 14.3 Å². The maximum absolute atomic E-state index is 11.3. The van der Waals surface area contributed by atoms with Crippen molar-refractivity contribution in [2.24, 2.45) is 5.92 Å². The smallest absolute Gasteiger partial charge is 0.407 e. The highest BCUT2D eigenvalue weighted by Crippen LogP contribution is 2.03. The topological polar surface area (TPSA) is 47.6 Å². The molecule has 1 amide bonds. The minimum atomic E-state index is -0.372. The van der Waals surface area contributed by atoms with Crippen LogP contribution in [-0.4, -0.2) is 31.5 Å². The summed E-state index contributed by atoms with van der Waals surface area (Å²) in [6.07, 6.45) is -0.465. The van der Waals surface area contributed by atoms with E-state index in [1.54, 1.807) is 0 Å². The lowest BCUT2D eigenvalue weighted by molar-refractivity contribution is 0.0838. The molecule has 0 radical (unpaired) electrons. The van der Waals surface area contributed by atoms with Gasteiger partial charge in [-0.25, -0.2) is 4.79 Å². The van der Waals surface area contributed by atoms with Gasteiger partial charge < -0.3 is 14.8 Å². The Morgan fingerprint density at radius 3 is 2.27 bits per heavy atom. The van der Waals surface area contributed by atoms with Crippen molar-refractivity contribution in [3.8, 4) is 0 Å². The van der Waals surface area contributed by atoms with Crippen molar-refractivity contribution in [1.82, 2.24) is 5.32 Å². The summed E-state index contributed by atoms with van der Waals surface area (Å²) in [6.45, 7) is 10.9. The Morgan fingerprint density at radius 2 is 1.87 bits per heavy atom. The molecule has 15 heavy (non-hydrogen) atoms. The van der Waals surface area contributed by atoms with Gasteiger partial charge in [0.2, 0.25) is 0 Å². The number of hydrogen-bond donors (Lipinski definition) is 1. The Hall–Kier alpha value is -0.770. The molecule has 0 aromatic carbocycles. The Kier molecular flexibility index (Phi) is 7.13. The molecule has 1 unspecified atom stereocenters. The predicted molar refractivity (Wildman–Crippen MR) is 59.9 cm³/mol. The van der Waals surface area contributed by atoms with Crippen LogP contribution in [0.5, 0.6) is 0 Å². The summed E-state index contributed by atoms with van der Waals surface area (Å²) < 4.78 is 10.3. The van der Waals surface area contributed by atoms with Crippen molar-refractivity contribution in [3.05, 3.63) is 0 Å². The van der Waals surface area contributed by atoms with E-state index in [1.807, 2.05) is 34.6 Å². The molecule has 0 rings (SSSR count). The molecule has 0 fully saturated rings. The first-order chi connectivity index (χ1) is 6.97. The molecule has 0 bridgehead atoms. The number of rotatable bonds is 6. The van der Waals surface area contributed by atoms with Crippen LogP contribution >= 0.6 is 0 Å². The number of carbonyl (C=O) groups is 1. The second-order valence-electron chi connectivity index (χ2n) is 4.11. The van der Waals surface area contributed by atoms with Crippen LogP contribution < -0.4 is 5.32 Å². The minimum absolute atomic E-state index is 0.0104. The van der Waals surface area contributed by atoms with Crippen molar-refractivity contribution >= 4 is 6.09 Å². The first-order valence-corrected chi connectivity index (χ1v) is 5.52. The molecular weight excluding hydrogens is 194 g/mol. The van der Waals surface area contributed by atoms with Gasteiger partial charge in [0.1, 0.15) is 0 Å². The highest BCUT2D eigenvalue weighted by Gasteiger charge is 2.17. The standard InChI is InChI=1S/C11H23NO3/c1-6-14-7-10(8(2)3)12-11(13)15-9(4)5/h8-10H,6-7H2,1-5H3,(H,12,13). The monoisotopic (exact) mass is 217 g/mol. The third kappa shape index (κ3) is 7.19. The number of alkyl carbamates (subject to hydrolysis) is 1. The summed E-state index contributed by atoms with van der Waals surface area (Å²) >= 11 is 0. The summed E-state index contributed by atoms with van der Waals surface area (Å²) in [5.74, 6) is 0.330. The minimum Gasteiger partial charge on any atom is -0.447 e. The van der Waals surface area contributed by atoms with Crippen molar-refractivity contribution in [2.45, 2.75) is 46.8 Å². The van der Waals surface area contributed by atoms with Gasteiger partial charge in [-0.15, -0.1) is 0 Å². The molecule has 0 spiro atoms. The van der Waals surface area contributed by atoms with Crippen LogP contribution in [0.15, 0.2) is 0 Å². The maximum Gasteiger partial charge on any atom is 0.407 e. The third-order valence-electron chi connectivity index (χ3n) is 1.95. The molecule has 0 aliphatic carbocycles. The van der Waals surface area contributed by atoms with E-state index in [-0.39, 0.29) is 18.2 Å². The first kappa shape index (κ1) is 14.2. The second-order valence-corrected chi connectivity index (χ2v) is 4.11. The molecule has 4 nitrogen and oxygen atoms in total. The van der Waals surface area contributed by atoms with Gasteiger partial charge in [-0.05, 0) is 26.7 Å². The number of carbonyl (C=O) groups excluding carboxylic acids is 1. The molecule has 90 valence electrons. The average molecular weight is 217 g/mol. The lowest BCUT2D eigenvalue weighted by Gasteiger charge is -2.22. The van der Waals surface area contributed by atoms with E-state index in [0.29, 0.717) is 19.1 Å². The van der Waals surface area contributed by atoms with Crippen molar-refractivity contribution in [3.63, 3.8) is 0 Å². The van der Waals surface area contributed by atoms with Gasteiger partial charge in [0.05, 0.1) is 18.8 Å². The highest BCUT2D eigenvalue weighted by molar-refractivity contribution is 5.67. The normalized spacial score (nSPS) is 13.0. The number of ether oxygens (including phenoxy) is 2. The van der Waals surface area contributed by atoms with Crippen LogP contribution in [-0.2, 0) is 9.47 Å². The van der Waals surface area contributed by atoms with Crippen LogP contribution in [0.1, 0.15) is 34.6 Å². The summed E-state index contributed by atoms with van der Waals surface area (Å²) in [6, 6.07) is 0.0104. The lowest BCUT2D eigenvalue weighted by Crippen LogP contribution is -2.42. The fourth-order valence-corrected chi connectivity index (χ4v) is 1.05. The molecule has 0 aromatic rings. The van der Waals surface area contributed by atoms with E-state index >= 15 is 0 Å². The Balaban J connectivity index is 3.98. The fraction of sp³-hybridized carbons (Fsp3) is 0.909. The lowest BCUT2D eigenvalue weighted by atomic mass is 10.1. The summed E-state index contributed by atoms with van der Waals surface area (Å²) in [4.78, 5) is 11.3. The van der Waals surface area contributed by atoms with Gasteiger partial charge >= 0.3 is 6.09 Å². The first-order valence-electron chi connectivity index (χ1n) is 5.52. The average Bonchev–Trinajstić information content (AvgIpc) is 2.10. The summed E-state index contributed by atoms with van der Waals surface area (Å²) in [5, 5.41) is 2.80. The van der Waals surface area contributed by atoms with Gasteiger partial charge in [0.25, 0.3) is 0 Å². The zero-order valence-electron chi connectivity index (χ0n) is 10.4. The Morgan fingerprint density at radius 1 is 1.27 bits per heavy atom. The molecular formula is C11H23NO3. The van der Waals surface area contributed by atoms with Crippen LogP contribution in [0.2, 0.25) is 0 Å². The van der Waals surface area contributed by atoms with E-state index < -0.39 is 0 Å². The Labute approximate surface area is 92.3 Å². The molecule has 0 aliphatic heterocycles. The highest BCUT2D eigenvalue weighted by atomic mass is 16.6. The number of amides is 1. The number of nitrogens with one attached hydrogen (secondary N) is 1. The van der Waals surface area contributed by atoms with E-state index in [9.17, 15) is 4.79 Å². The molecule has 1 N–H and O–H groups in total. The largest absolute Gasteiger partial charge is 0.447 e. The Bertz CT molecular complexity index is 181. The van der Waals surface area contributed by atoms with Crippen LogP contribution in [0, 0.1) is 5.92 Å². The van der Waals surface area contributed by atoms with Gasteiger partial charge in [-0.1, -0.05) is 13.8 Å². The quantitative estimate of drug-likeness (QED) is 0.741. The van der Waals surface area contributed by atoms with Gasteiger partial charge in [-0.2, -0.15) is 0 Å². The van der Waals surface area contributed by atoms with Gasteiger partial charge in [0.15, 0.2) is 0 Å². The van der Waals surface area contributed by atoms with Crippen LogP contribution in [0.3, 0.4) is 0 Å². The number of hydrogen-bond acceptors (Lipinski definition) is 3. The zero-order valence-corrected chi connectivity index (χ0v) is 10.4. The second kappa shape index (κ2) is 7.51. The van der Waals surface area contributed by atoms with E-state index in [4.69, 9.17) is 9.47 Å². The van der Waals surface area contributed by atoms with Crippen molar-refractivity contribution in [1.29, 1.82) is 0 Å². The maximum atomic E-state index is 11.3. The summed E-state index contributed by atoms with van der Waals surface area (Å²) in [5.41, 5.74) is 0. The van der Waals surface area contributed by atoms with Crippen LogP contribution in [0.25, 0.3) is 0 Å². The fourth-order valence-electron chi connectivity index (χ4n) is 1.05. The zero-order chi connectivity index (χ0) is 11.8. The van der Waals surface area contributed by atoms with Gasteiger partial charge in [-0.3, -0.25) is 0 Å². The van der Waals surface area contributed by atoms with E-state index in [2.05, 4.69) is 5.32 Å². The molecule has 0 aromatic heterocycles. The molecule has 4 heteroatoms.